The Balaban J connectivity index is 0.00000225. The third-order valence-corrected chi connectivity index (χ3v) is 5.37. The molecule has 1 aromatic carbocycles. The zero-order chi connectivity index (χ0) is 19.3. The number of halogens is 1. The SMILES string of the molecule is Cl.[2H]C([2H])([2H])N1[C@@H]2CCC[C@H]1CC(NC(=O)c1nn(C)c3c(O)cccc13)C2. The molecule has 2 saturated heterocycles. The summed E-state index contributed by atoms with van der Waals surface area (Å²) >= 11 is 0. The molecule has 25 heavy (non-hydrogen) atoms. The lowest BCUT2D eigenvalue weighted by atomic mass is 9.82. The van der Waals surface area contributed by atoms with Gasteiger partial charge in [-0.05, 0) is 38.7 Å². The van der Waals surface area contributed by atoms with Gasteiger partial charge >= 0.3 is 0 Å². The number of hydrogen-bond acceptors (Lipinski definition) is 4. The van der Waals surface area contributed by atoms with E-state index in [2.05, 4.69) is 10.4 Å². The summed E-state index contributed by atoms with van der Waals surface area (Å²) in [6.45, 7) is -2.08. The minimum absolute atomic E-state index is 0. The number of phenols is 1. The van der Waals surface area contributed by atoms with Crippen LogP contribution in [-0.2, 0) is 7.05 Å². The van der Waals surface area contributed by atoms with E-state index in [1.807, 2.05) is 0 Å². The molecule has 0 saturated carbocycles. The van der Waals surface area contributed by atoms with Crippen molar-refractivity contribution in [2.75, 3.05) is 6.98 Å². The predicted octanol–water partition coefficient (Wildman–Crippen LogP) is 2.45. The zero-order valence-electron chi connectivity index (χ0n) is 17.1. The number of amides is 1. The predicted molar refractivity (Wildman–Crippen MR) is 99.3 cm³/mol. The van der Waals surface area contributed by atoms with Gasteiger partial charge in [0.25, 0.3) is 5.91 Å². The van der Waals surface area contributed by atoms with Crippen molar-refractivity contribution in [1.29, 1.82) is 0 Å². The van der Waals surface area contributed by atoms with Crippen LogP contribution in [0.25, 0.3) is 10.9 Å². The Labute approximate surface area is 157 Å². The van der Waals surface area contributed by atoms with Crippen molar-refractivity contribution in [3.05, 3.63) is 23.9 Å². The number of phenolic OH excluding ortho intramolecular Hbond substituents is 1. The van der Waals surface area contributed by atoms with E-state index in [-0.39, 0.29) is 47.9 Å². The number of para-hydroxylation sites is 1. The summed E-state index contributed by atoms with van der Waals surface area (Å²) in [5.41, 5.74) is 0.809. The highest BCUT2D eigenvalue weighted by atomic mass is 35.5. The summed E-state index contributed by atoms with van der Waals surface area (Å²) in [7, 11) is 1.69. The third-order valence-electron chi connectivity index (χ3n) is 5.37. The molecular formula is C18H25ClN4O2. The van der Waals surface area contributed by atoms with Crippen LogP contribution in [0.2, 0.25) is 0 Å². The molecule has 0 spiro atoms. The van der Waals surface area contributed by atoms with Crippen molar-refractivity contribution in [3.8, 4) is 5.75 Å². The standard InChI is InChI=1S/C18H24N4O2.ClH/c1-21-12-5-3-6-13(21)10-11(9-12)19-18(24)16-14-7-4-8-15(23)17(14)22(2)20-16;/h4,7-8,11-13,23H,3,5-6,9-10H2,1-2H3,(H,19,24);1H/t11?,12-,13+;/i1D3;. The number of fused-ring (bicyclic) bond motifs is 3. The van der Waals surface area contributed by atoms with Crippen LogP contribution in [0, 0.1) is 0 Å². The summed E-state index contributed by atoms with van der Waals surface area (Å²) in [6, 6.07) is 4.90. The molecule has 3 heterocycles. The van der Waals surface area contributed by atoms with Crippen molar-refractivity contribution in [2.24, 2.45) is 7.05 Å². The van der Waals surface area contributed by atoms with Crippen LogP contribution in [0.1, 0.15) is 46.7 Å². The van der Waals surface area contributed by atoms with Gasteiger partial charge in [-0.15, -0.1) is 12.4 Å². The molecule has 3 atom stereocenters. The van der Waals surface area contributed by atoms with Crippen LogP contribution < -0.4 is 5.32 Å². The number of rotatable bonds is 2. The number of carbonyl (C=O) groups excluding carboxylic acids is 1. The molecule has 2 bridgehead atoms. The number of aromatic hydroxyl groups is 1. The fraction of sp³-hybridized carbons (Fsp3) is 0.556. The van der Waals surface area contributed by atoms with Crippen LogP contribution in [0.3, 0.4) is 0 Å². The van der Waals surface area contributed by atoms with Crippen LogP contribution in [0.15, 0.2) is 18.2 Å². The second kappa shape index (κ2) is 6.84. The van der Waals surface area contributed by atoms with E-state index in [1.165, 1.54) is 4.68 Å². The maximum Gasteiger partial charge on any atom is 0.272 e. The number of nitrogens with one attached hydrogen (secondary N) is 1. The molecule has 136 valence electrons. The van der Waals surface area contributed by atoms with E-state index in [9.17, 15) is 9.90 Å². The number of aromatic nitrogens is 2. The van der Waals surface area contributed by atoms with E-state index in [0.717, 1.165) is 19.3 Å². The highest BCUT2D eigenvalue weighted by molar-refractivity contribution is 6.06. The number of hydrogen-bond donors (Lipinski definition) is 2. The highest BCUT2D eigenvalue weighted by Crippen LogP contribution is 2.33. The minimum atomic E-state index is -2.08. The number of aryl methyl sites for hydroxylation is 1. The molecule has 2 N–H and O–H groups in total. The second-order valence-electron chi connectivity index (χ2n) is 6.93. The molecule has 1 aromatic heterocycles. The van der Waals surface area contributed by atoms with Crippen molar-refractivity contribution in [1.82, 2.24) is 20.0 Å². The van der Waals surface area contributed by atoms with Crippen molar-refractivity contribution in [2.45, 2.75) is 50.2 Å². The normalized spacial score (nSPS) is 28.5. The molecule has 1 unspecified atom stereocenters. The topological polar surface area (TPSA) is 70.4 Å². The van der Waals surface area contributed by atoms with Gasteiger partial charge in [-0.25, -0.2) is 0 Å². The fourth-order valence-corrected chi connectivity index (χ4v) is 4.24. The number of piperidine rings is 2. The molecule has 6 nitrogen and oxygen atoms in total. The van der Waals surface area contributed by atoms with E-state index >= 15 is 0 Å². The fourth-order valence-electron chi connectivity index (χ4n) is 4.24. The first kappa shape index (κ1) is 14.4. The number of carbonyl (C=O) groups is 1. The lowest BCUT2D eigenvalue weighted by molar-refractivity contribution is 0.0462. The lowest BCUT2D eigenvalue weighted by Crippen LogP contribution is -2.55. The summed E-state index contributed by atoms with van der Waals surface area (Å²) < 4.78 is 25.0. The summed E-state index contributed by atoms with van der Waals surface area (Å²) in [6.07, 6.45) is 4.00. The molecule has 1 amide bonds. The lowest BCUT2D eigenvalue weighted by Gasteiger charge is -2.47. The smallest absolute Gasteiger partial charge is 0.272 e. The van der Waals surface area contributed by atoms with Crippen molar-refractivity contribution < 1.29 is 14.0 Å². The van der Waals surface area contributed by atoms with Gasteiger partial charge in [-0.2, -0.15) is 5.10 Å². The molecule has 2 aromatic rings. The molecule has 0 aliphatic carbocycles. The van der Waals surface area contributed by atoms with Gasteiger partial charge in [0.1, 0.15) is 11.3 Å². The van der Waals surface area contributed by atoms with E-state index in [4.69, 9.17) is 4.11 Å². The monoisotopic (exact) mass is 367 g/mol. The first-order valence-electron chi connectivity index (χ1n) is 9.99. The van der Waals surface area contributed by atoms with Gasteiger partial charge in [0.2, 0.25) is 0 Å². The van der Waals surface area contributed by atoms with Gasteiger partial charge in [0.05, 0.1) is 0 Å². The van der Waals surface area contributed by atoms with Crippen molar-refractivity contribution >= 4 is 29.2 Å². The van der Waals surface area contributed by atoms with Gasteiger partial charge in [0, 0.05) is 34.7 Å². The number of nitrogens with zero attached hydrogens (tertiary/aromatic N) is 3. The second-order valence-corrected chi connectivity index (χ2v) is 6.93. The molecular weight excluding hydrogens is 340 g/mol. The molecule has 4 rings (SSSR count). The van der Waals surface area contributed by atoms with Gasteiger partial charge < -0.3 is 15.3 Å². The molecule has 7 heteroatoms. The summed E-state index contributed by atoms with van der Waals surface area (Å²) in [4.78, 5) is 14.5. The maximum absolute atomic E-state index is 12.9. The quantitative estimate of drug-likeness (QED) is 0.855. The number of benzene rings is 1. The minimum Gasteiger partial charge on any atom is -0.506 e. The Kier molecular flexibility index (Phi) is 3.94. The largest absolute Gasteiger partial charge is 0.506 e. The summed E-state index contributed by atoms with van der Waals surface area (Å²) in [5, 5.41) is 18.0. The van der Waals surface area contributed by atoms with Crippen molar-refractivity contribution in [3.63, 3.8) is 0 Å². The molecule has 2 aliphatic heterocycles. The Hall–Kier alpha value is -1.79. The van der Waals surface area contributed by atoms with Crippen LogP contribution in [0.5, 0.6) is 5.75 Å². The van der Waals surface area contributed by atoms with Crippen LogP contribution >= 0.6 is 12.4 Å². The zero-order valence-corrected chi connectivity index (χ0v) is 14.9. The van der Waals surface area contributed by atoms with E-state index < -0.39 is 6.98 Å². The summed E-state index contributed by atoms with van der Waals surface area (Å²) in [5.74, 6) is -0.196. The van der Waals surface area contributed by atoms with Gasteiger partial charge in [-0.1, -0.05) is 18.6 Å². The Morgan fingerprint density at radius 2 is 2.08 bits per heavy atom. The molecule has 0 radical (unpaired) electrons. The van der Waals surface area contributed by atoms with Crippen LogP contribution in [0.4, 0.5) is 0 Å². The Morgan fingerprint density at radius 1 is 1.36 bits per heavy atom. The third kappa shape index (κ3) is 3.09. The average molecular weight is 368 g/mol. The van der Waals surface area contributed by atoms with Crippen LogP contribution in [-0.4, -0.2) is 50.8 Å². The highest BCUT2D eigenvalue weighted by Gasteiger charge is 2.36. The van der Waals surface area contributed by atoms with E-state index in [0.29, 0.717) is 23.7 Å². The first-order valence-corrected chi connectivity index (χ1v) is 8.49. The maximum atomic E-state index is 12.9. The Morgan fingerprint density at radius 3 is 2.76 bits per heavy atom. The molecule has 2 fully saturated rings. The first-order chi connectivity index (χ1) is 12.8. The van der Waals surface area contributed by atoms with Gasteiger partial charge in [-0.3, -0.25) is 9.48 Å². The Bertz CT molecular complexity index is 872. The van der Waals surface area contributed by atoms with Gasteiger partial charge in [0.15, 0.2) is 5.69 Å². The molecule has 2 aliphatic rings. The van der Waals surface area contributed by atoms with E-state index in [1.54, 1.807) is 30.1 Å². The average Bonchev–Trinajstić information content (AvgIpc) is 2.91.